The number of anilines is 1. The number of hydrogen-bond donors (Lipinski definition) is 3. The molecule has 0 radical (unpaired) electrons. The van der Waals surface area contributed by atoms with Crippen molar-refractivity contribution in [2.45, 2.75) is 0 Å². The standard InChI is InChI=1S/C16H13ClN2O3/c17-14-4-2-1-3-11(14)9-10-18-16(22)19-13-7-5-12(6-8-13)15(20)21/h1-10H,(H,20,21)(H2,18,19,22)/b10-9+. The molecule has 0 spiro atoms. The number of carboxylic acids is 1. The monoisotopic (exact) mass is 316 g/mol. The van der Waals surface area contributed by atoms with E-state index in [1.54, 1.807) is 12.1 Å². The third-order valence-corrected chi connectivity index (χ3v) is 3.12. The van der Waals surface area contributed by atoms with E-state index in [2.05, 4.69) is 10.6 Å². The van der Waals surface area contributed by atoms with Crippen molar-refractivity contribution in [1.82, 2.24) is 5.32 Å². The number of carbonyl (C=O) groups excluding carboxylic acids is 1. The molecule has 112 valence electrons. The van der Waals surface area contributed by atoms with Gasteiger partial charge in [0.2, 0.25) is 0 Å². The Labute approximate surface area is 132 Å². The molecule has 0 heterocycles. The highest BCUT2D eigenvalue weighted by Crippen LogP contribution is 2.15. The smallest absolute Gasteiger partial charge is 0.335 e. The van der Waals surface area contributed by atoms with Gasteiger partial charge in [-0.3, -0.25) is 0 Å². The number of carbonyl (C=O) groups is 2. The van der Waals surface area contributed by atoms with Crippen molar-refractivity contribution < 1.29 is 14.7 Å². The fourth-order valence-electron chi connectivity index (χ4n) is 1.68. The van der Waals surface area contributed by atoms with E-state index in [4.69, 9.17) is 16.7 Å². The molecule has 0 saturated carbocycles. The summed E-state index contributed by atoms with van der Waals surface area (Å²) >= 11 is 5.98. The van der Waals surface area contributed by atoms with E-state index in [1.807, 2.05) is 18.2 Å². The van der Waals surface area contributed by atoms with Gasteiger partial charge in [-0.05, 0) is 42.0 Å². The van der Waals surface area contributed by atoms with Crippen LogP contribution in [-0.4, -0.2) is 17.1 Å². The average molecular weight is 317 g/mol. The fourth-order valence-corrected chi connectivity index (χ4v) is 1.88. The molecule has 2 aromatic carbocycles. The maximum atomic E-state index is 11.7. The Morgan fingerprint density at radius 2 is 1.73 bits per heavy atom. The van der Waals surface area contributed by atoms with Gasteiger partial charge in [0.1, 0.15) is 0 Å². The van der Waals surface area contributed by atoms with Gasteiger partial charge < -0.3 is 15.7 Å². The number of nitrogens with one attached hydrogen (secondary N) is 2. The summed E-state index contributed by atoms with van der Waals surface area (Å²) in [7, 11) is 0. The second kappa shape index (κ2) is 7.28. The molecule has 6 heteroatoms. The van der Waals surface area contributed by atoms with Crippen LogP contribution in [0.3, 0.4) is 0 Å². The molecule has 5 nitrogen and oxygen atoms in total. The lowest BCUT2D eigenvalue weighted by Gasteiger charge is -2.05. The number of hydrogen-bond acceptors (Lipinski definition) is 2. The van der Waals surface area contributed by atoms with Gasteiger partial charge in [-0.2, -0.15) is 0 Å². The van der Waals surface area contributed by atoms with Gasteiger partial charge in [0.05, 0.1) is 5.56 Å². The molecule has 0 unspecified atom stereocenters. The Hall–Kier alpha value is -2.79. The van der Waals surface area contributed by atoms with Crippen LogP contribution in [0.25, 0.3) is 6.08 Å². The molecule has 3 N–H and O–H groups in total. The topological polar surface area (TPSA) is 78.4 Å². The molecule has 0 bridgehead atoms. The van der Waals surface area contributed by atoms with Gasteiger partial charge in [-0.1, -0.05) is 29.8 Å². The highest BCUT2D eigenvalue weighted by atomic mass is 35.5. The maximum absolute atomic E-state index is 11.7. The lowest BCUT2D eigenvalue weighted by molar-refractivity contribution is 0.0697. The number of benzene rings is 2. The predicted molar refractivity (Wildman–Crippen MR) is 86.0 cm³/mol. The molecule has 2 amide bonds. The third-order valence-electron chi connectivity index (χ3n) is 2.77. The Kier molecular flexibility index (Phi) is 5.16. The maximum Gasteiger partial charge on any atom is 0.335 e. The molecule has 0 atom stereocenters. The van der Waals surface area contributed by atoms with Crippen LogP contribution >= 0.6 is 11.6 Å². The van der Waals surface area contributed by atoms with E-state index in [-0.39, 0.29) is 5.56 Å². The van der Waals surface area contributed by atoms with E-state index >= 15 is 0 Å². The van der Waals surface area contributed by atoms with E-state index in [9.17, 15) is 9.59 Å². The number of halogens is 1. The lowest BCUT2D eigenvalue weighted by Crippen LogP contribution is -2.23. The zero-order chi connectivity index (χ0) is 15.9. The summed E-state index contributed by atoms with van der Waals surface area (Å²) in [4.78, 5) is 22.4. The number of amides is 2. The normalized spacial score (nSPS) is 10.4. The van der Waals surface area contributed by atoms with E-state index in [0.29, 0.717) is 10.7 Å². The Balaban J connectivity index is 1.90. The van der Waals surface area contributed by atoms with Crippen molar-refractivity contribution in [3.05, 3.63) is 70.9 Å². The molecular formula is C16H13ClN2O3. The Morgan fingerprint density at radius 3 is 2.36 bits per heavy atom. The summed E-state index contributed by atoms with van der Waals surface area (Å²) in [5.41, 5.74) is 1.44. The first-order valence-corrected chi connectivity index (χ1v) is 6.76. The van der Waals surface area contributed by atoms with Crippen LogP contribution in [0.1, 0.15) is 15.9 Å². The minimum Gasteiger partial charge on any atom is -0.478 e. The number of aromatic carboxylic acids is 1. The second-order valence-corrected chi connectivity index (χ2v) is 4.74. The van der Waals surface area contributed by atoms with Gasteiger partial charge in [0.15, 0.2) is 0 Å². The summed E-state index contributed by atoms with van der Waals surface area (Å²) < 4.78 is 0. The Morgan fingerprint density at radius 1 is 1.05 bits per heavy atom. The van der Waals surface area contributed by atoms with Crippen LogP contribution in [0.4, 0.5) is 10.5 Å². The van der Waals surface area contributed by atoms with Crippen molar-refractivity contribution >= 4 is 35.4 Å². The number of carboxylic acid groups (broad SMARTS) is 1. The summed E-state index contributed by atoms with van der Waals surface area (Å²) in [6.45, 7) is 0. The zero-order valence-corrected chi connectivity index (χ0v) is 12.2. The molecule has 0 aliphatic carbocycles. The first-order valence-electron chi connectivity index (χ1n) is 6.38. The lowest BCUT2D eigenvalue weighted by atomic mass is 10.2. The molecule has 0 aromatic heterocycles. The van der Waals surface area contributed by atoms with Crippen molar-refractivity contribution in [3.8, 4) is 0 Å². The van der Waals surface area contributed by atoms with E-state index < -0.39 is 12.0 Å². The van der Waals surface area contributed by atoms with Gasteiger partial charge in [0.25, 0.3) is 0 Å². The minimum atomic E-state index is -1.02. The van der Waals surface area contributed by atoms with Crippen LogP contribution in [0.15, 0.2) is 54.7 Å². The molecule has 0 aliphatic rings. The van der Waals surface area contributed by atoms with Crippen LogP contribution in [0.5, 0.6) is 0 Å². The Bertz CT molecular complexity index is 712. The van der Waals surface area contributed by atoms with Crippen molar-refractivity contribution in [2.24, 2.45) is 0 Å². The van der Waals surface area contributed by atoms with Gasteiger partial charge in [-0.15, -0.1) is 0 Å². The van der Waals surface area contributed by atoms with Crippen molar-refractivity contribution in [1.29, 1.82) is 0 Å². The van der Waals surface area contributed by atoms with E-state index in [1.165, 1.54) is 30.5 Å². The van der Waals surface area contributed by atoms with Crippen molar-refractivity contribution in [3.63, 3.8) is 0 Å². The zero-order valence-electron chi connectivity index (χ0n) is 11.4. The predicted octanol–water partition coefficient (Wildman–Crippen LogP) is 3.83. The van der Waals surface area contributed by atoms with Crippen molar-refractivity contribution in [2.75, 3.05) is 5.32 Å². The van der Waals surface area contributed by atoms with Gasteiger partial charge in [-0.25, -0.2) is 9.59 Å². The molecular weight excluding hydrogens is 304 g/mol. The van der Waals surface area contributed by atoms with Crippen LogP contribution in [-0.2, 0) is 0 Å². The first-order chi connectivity index (χ1) is 10.6. The highest BCUT2D eigenvalue weighted by molar-refractivity contribution is 6.32. The second-order valence-electron chi connectivity index (χ2n) is 4.34. The third kappa shape index (κ3) is 4.36. The van der Waals surface area contributed by atoms with Gasteiger partial charge in [0, 0.05) is 16.9 Å². The SMILES string of the molecule is O=C(N/C=C/c1ccccc1Cl)Nc1ccc(C(=O)O)cc1. The average Bonchev–Trinajstić information content (AvgIpc) is 2.50. The minimum absolute atomic E-state index is 0.157. The molecule has 2 aromatic rings. The largest absolute Gasteiger partial charge is 0.478 e. The highest BCUT2D eigenvalue weighted by Gasteiger charge is 2.03. The first kappa shape index (κ1) is 15.6. The van der Waals surface area contributed by atoms with Gasteiger partial charge >= 0.3 is 12.0 Å². The van der Waals surface area contributed by atoms with Crippen LogP contribution in [0.2, 0.25) is 5.02 Å². The summed E-state index contributed by atoms with van der Waals surface area (Å²) in [6, 6.07) is 12.7. The van der Waals surface area contributed by atoms with E-state index in [0.717, 1.165) is 5.56 Å². The fraction of sp³-hybridized carbons (Fsp3) is 0. The molecule has 0 fully saturated rings. The molecule has 0 aliphatic heterocycles. The number of rotatable bonds is 4. The van der Waals surface area contributed by atoms with Crippen LogP contribution in [0, 0.1) is 0 Å². The molecule has 22 heavy (non-hydrogen) atoms. The summed E-state index contributed by atoms with van der Waals surface area (Å²) in [6.07, 6.45) is 3.15. The molecule has 2 rings (SSSR count). The number of urea groups is 1. The summed E-state index contributed by atoms with van der Waals surface area (Å²) in [5.74, 6) is -1.02. The van der Waals surface area contributed by atoms with Crippen LogP contribution < -0.4 is 10.6 Å². The molecule has 0 saturated heterocycles. The quantitative estimate of drug-likeness (QED) is 0.802. The summed E-state index contributed by atoms with van der Waals surface area (Å²) in [5, 5.41) is 14.5.